The van der Waals surface area contributed by atoms with Crippen LogP contribution in [0.2, 0.25) is 0 Å². The van der Waals surface area contributed by atoms with Crippen molar-refractivity contribution in [1.29, 1.82) is 0 Å². The minimum absolute atomic E-state index is 0.175. The first kappa shape index (κ1) is 19.4. The zero-order chi connectivity index (χ0) is 20.4. The number of rotatable bonds is 4. The molecule has 0 aliphatic heterocycles. The Bertz CT molecular complexity index is 1020. The van der Waals surface area contributed by atoms with Gasteiger partial charge in [-0.05, 0) is 54.2 Å². The summed E-state index contributed by atoms with van der Waals surface area (Å²) in [6, 6.07) is 10.3. The van der Waals surface area contributed by atoms with Crippen LogP contribution < -0.4 is 10.6 Å². The molecule has 0 saturated heterocycles. The fraction of sp³-hybridized carbons (Fsp3) is 0.435. The summed E-state index contributed by atoms with van der Waals surface area (Å²) in [5.74, 6) is 0.949. The average molecular weight is 392 g/mol. The van der Waals surface area contributed by atoms with Crippen LogP contribution in [0.3, 0.4) is 0 Å². The van der Waals surface area contributed by atoms with E-state index in [1.54, 1.807) is 6.20 Å². The van der Waals surface area contributed by atoms with Gasteiger partial charge in [-0.3, -0.25) is 10.00 Å². The van der Waals surface area contributed by atoms with Crippen LogP contribution in [0.1, 0.15) is 57.6 Å². The number of amides is 2. The van der Waals surface area contributed by atoms with Crippen LogP contribution in [0.4, 0.5) is 10.6 Å². The molecule has 0 atom stereocenters. The summed E-state index contributed by atoms with van der Waals surface area (Å²) >= 11 is 0. The zero-order valence-corrected chi connectivity index (χ0v) is 17.4. The van der Waals surface area contributed by atoms with Crippen molar-refractivity contribution in [3.8, 4) is 11.1 Å². The van der Waals surface area contributed by atoms with Crippen LogP contribution in [-0.2, 0) is 7.05 Å². The molecule has 0 radical (unpaired) electrons. The van der Waals surface area contributed by atoms with Crippen molar-refractivity contribution >= 4 is 22.8 Å². The third-order valence-electron chi connectivity index (χ3n) is 5.70. The molecule has 29 heavy (non-hydrogen) atoms. The zero-order valence-electron chi connectivity index (χ0n) is 17.4. The second kappa shape index (κ2) is 8.23. The fourth-order valence-corrected chi connectivity index (χ4v) is 4.35. The second-order valence-corrected chi connectivity index (χ2v) is 8.26. The van der Waals surface area contributed by atoms with Gasteiger partial charge in [0.15, 0.2) is 0 Å². The number of fused-ring (bicyclic) bond motifs is 1. The molecule has 1 aromatic carbocycles. The van der Waals surface area contributed by atoms with E-state index >= 15 is 0 Å². The normalized spacial score (nSPS) is 15.0. The highest BCUT2D eigenvalue weighted by molar-refractivity contribution is 5.90. The van der Waals surface area contributed by atoms with Crippen molar-refractivity contribution in [3.05, 3.63) is 42.2 Å². The molecule has 0 unspecified atom stereocenters. The first-order valence-corrected chi connectivity index (χ1v) is 10.5. The number of hydrogen-bond acceptors (Lipinski definition) is 3. The second-order valence-electron chi connectivity index (χ2n) is 8.26. The summed E-state index contributed by atoms with van der Waals surface area (Å²) in [4.78, 5) is 16.7. The lowest BCUT2D eigenvalue weighted by molar-refractivity contribution is 0.244. The Morgan fingerprint density at radius 2 is 1.86 bits per heavy atom. The van der Waals surface area contributed by atoms with Crippen molar-refractivity contribution in [2.45, 2.75) is 57.9 Å². The minimum Gasteiger partial charge on any atom is -0.335 e. The molecule has 3 aromatic rings. The van der Waals surface area contributed by atoms with Crippen LogP contribution in [0.25, 0.3) is 22.0 Å². The molecule has 2 amide bonds. The summed E-state index contributed by atoms with van der Waals surface area (Å²) in [5.41, 5.74) is 4.33. The molecule has 1 aliphatic rings. The predicted octanol–water partition coefficient (Wildman–Crippen LogP) is 5.21. The number of hydrogen-bond donors (Lipinski definition) is 2. The van der Waals surface area contributed by atoms with E-state index in [4.69, 9.17) is 0 Å². The molecule has 0 spiro atoms. The molecule has 2 aromatic heterocycles. The Hall–Kier alpha value is -2.89. The molecule has 6 nitrogen and oxygen atoms in total. The van der Waals surface area contributed by atoms with Crippen LogP contribution in [0.5, 0.6) is 0 Å². The summed E-state index contributed by atoms with van der Waals surface area (Å²) in [6.07, 6.45) is 7.50. The van der Waals surface area contributed by atoms with Gasteiger partial charge < -0.3 is 5.32 Å². The number of carbonyl (C=O) groups is 1. The standard InChI is InChI=1S/C23H29N5O/c1-15(2)22-19-13-16(9-10-20(19)27-28(22)3)17-11-12-24-21(14-17)26-23(29)25-18-7-5-4-6-8-18/h9-15,18H,4-8H2,1-3H3,(H2,24,25,26,29). The van der Waals surface area contributed by atoms with Crippen molar-refractivity contribution in [1.82, 2.24) is 20.1 Å². The summed E-state index contributed by atoms with van der Waals surface area (Å²) < 4.78 is 1.97. The highest BCUT2D eigenvalue weighted by Crippen LogP contribution is 2.30. The smallest absolute Gasteiger partial charge is 0.320 e. The number of nitrogens with zero attached hydrogens (tertiary/aromatic N) is 3. The third kappa shape index (κ3) is 4.26. The minimum atomic E-state index is -0.175. The summed E-state index contributed by atoms with van der Waals surface area (Å²) in [7, 11) is 1.99. The van der Waals surface area contributed by atoms with E-state index < -0.39 is 0 Å². The Balaban J connectivity index is 1.55. The Morgan fingerprint density at radius 3 is 2.62 bits per heavy atom. The number of anilines is 1. The first-order valence-electron chi connectivity index (χ1n) is 10.5. The SMILES string of the molecule is CC(C)c1c2cc(-c3ccnc(NC(=O)NC4CCCCC4)c3)ccc2nn1C. The summed E-state index contributed by atoms with van der Waals surface area (Å²) in [5, 5.41) is 11.8. The number of pyridine rings is 1. The number of nitrogens with one attached hydrogen (secondary N) is 2. The highest BCUT2D eigenvalue weighted by atomic mass is 16.2. The monoisotopic (exact) mass is 391 g/mol. The van der Waals surface area contributed by atoms with Crippen molar-refractivity contribution in [2.24, 2.45) is 7.05 Å². The Kier molecular flexibility index (Phi) is 5.51. The van der Waals surface area contributed by atoms with E-state index in [1.807, 2.05) is 23.9 Å². The van der Waals surface area contributed by atoms with E-state index in [0.717, 1.165) is 29.5 Å². The van der Waals surface area contributed by atoms with E-state index in [0.29, 0.717) is 11.7 Å². The molecule has 6 heteroatoms. The molecular weight excluding hydrogens is 362 g/mol. The molecule has 1 saturated carbocycles. The molecule has 4 rings (SSSR count). The predicted molar refractivity (Wildman–Crippen MR) is 117 cm³/mol. The maximum absolute atomic E-state index is 12.4. The van der Waals surface area contributed by atoms with Gasteiger partial charge in [-0.2, -0.15) is 5.10 Å². The lowest BCUT2D eigenvalue weighted by atomic mass is 9.96. The molecule has 1 fully saturated rings. The van der Waals surface area contributed by atoms with Crippen molar-refractivity contribution < 1.29 is 4.79 Å². The molecular formula is C23H29N5O. The van der Waals surface area contributed by atoms with Crippen LogP contribution in [0, 0.1) is 0 Å². The van der Waals surface area contributed by atoms with Crippen molar-refractivity contribution in [2.75, 3.05) is 5.32 Å². The Morgan fingerprint density at radius 1 is 1.10 bits per heavy atom. The quantitative estimate of drug-likeness (QED) is 0.641. The van der Waals surface area contributed by atoms with Crippen LogP contribution in [-0.4, -0.2) is 26.8 Å². The molecule has 1 aliphatic carbocycles. The van der Waals surface area contributed by atoms with Gasteiger partial charge >= 0.3 is 6.03 Å². The van der Waals surface area contributed by atoms with Gasteiger partial charge in [0.2, 0.25) is 0 Å². The molecule has 2 heterocycles. The van der Waals surface area contributed by atoms with E-state index in [-0.39, 0.29) is 12.1 Å². The number of aryl methyl sites for hydroxylation is 1. The summed E-state index contributed by atoms with van der Waals surface area (Å²) in [6.45, 7) is 4.37. The van der Waals surface area contributed by atoms with Crippen LogP contribution >= 0.6 is 0 Å². The average Bonchev–Trinajstić information content (AvgIpc) is 3.04. The van der Waals surface area contributed by atoms with Gasteiger partial charge in [0.1, 0.15) is 5.82 Å². The number of aromatic nitrogens is 3. The topological polar surface area (TPSA) is 71.8 Å². The van der Waals surface area contributed by atoms with Gasteiger partial charge in [0.25, 0.3) is 0 Å². The largest absolute Gasteiger partial charge is 0.335 e. The number of carbonyl (C=O) groups excluding carboxylic acids is 1. The maximum Gasteiger partial charge on any atom is 0.320 e. The lowest BCUT2D eigenvalue weighted by Crippen LogP contribution is -2.39. The van der Waals surface area contributed by atoms with Crippen molar-refractivity contribution in [3.63, 3.8) is 0 Å². The highest BCUT2D eigenvalue weighted by Gasteiger charge is 2.16. The maximum atomic E-state index is 12.4. The van der Waals surface area contributed by atoms with Gasteiger partial charge in [-0.1, -0.05) is 39.2 Å². The van der Waals surface area contributed by atoms with E-state index in [2.05, 4.69) is 52.8 Å². The molecule has 2 N–H and O–H groups in total. The molecule has 152 valence electrons. The third-order valence-corrected chi connectivity index (χ3v) is 5.70. The Labute approximate surface area is 171 Å². The van der Waals surface area contributed by atoms with Crippen LogP contribution in [0.15, 0.2) is 36.5 Å². The van der Waals surface area contributed by atoms with Gasteiger partial charge in [0.05, 0.1) is 5.52 Å². The first-order chi connectivity index (χ1) is 14.0. The van der Waals surface area contributed by atoms with Gasteiger partial charge in [-0.25, -0.2) is 9.78 Å². The van der Waals surface area contributed by atoms with E-state index in [9.17, 15) is 4.79 Å². The lowest BCUT2D eigenvalue weighted by Gasteiger charge is -2.22. The van der Waals surface area contributed by atoms with Gasteiger partial charge in [0, 0.05) is 30.4 Å². The van der Waals surface area contributed by atoms with Gasteiger partial charge in [-0.15, -0.1) is 0 Å². The molecule has 0 bridgehead atoms. The van der Waals surface area contributed by atoms with E-state index in [1.165, 1.54) is 30.3 Å². The fourth-order valence-electron chi connectivity index (χ4n) is 4.35. The number of benzene rings is 1. The number of urea groups is 1.